The van der Waals surface area contributed by atoms with Crippen molar-refractivity contribution in [2.75, 3.05) is 19.6 Å². The average Bonchev–Trinajstić information content (AvgIpc) is 3.09. The SMILES string of the molecule is CCC1CCCN1CCCn1c(C(F)(F)F)ccc(C(=O)NCCC(C)C)c1=O. The Morgan fingerprint density at radius 3 is 2.62 bits per heavy atom. The summed E-state index contributed by atoms with van der Waals surface area (Å²) < 4.78 is 41.0. The zero-order valence-electron chi connectivity index (χ0n) is 17.5. The van der Waals surface area contributed by atoms with E-state index in [1.54, 1.807) is 0 Å². The van der Waals surface area contributed by atoms with Gasteiger partial charge in [0, 0.05) is 25.7 Å². The van der Waals surface area contributed by atoms with Crippen LogP contribution in [-0.4, -0.2) is 41.1 Å². The predicted molar refractivity (Wildman–Crippen MR) is 107 cm³/mol. The van der Waals surface area contributed by atoms with E-state index in [1.807, 2.05) is 13.8 Å². The highest BCUT2D eigenvalue weighted by atomic mass is 19.4. The monoisotopic (exact) mass is 415 g/mol. The average molecular weight is 416 g/mol. The quantitative estimate of drug-likeness (QED) is 0.665. The third-order valence-electron chi connectivity index (χ3n) is 5.51. The molecule has 0 spiro atoms. The van der Waals surface area contributed by atoms with Gasteiger partial charge in [-0.1, -0.05) is 20.8 Å². The normalized spacial score (nSPS) is 17.8. The van der Waals surface area contributed by atoms with Crippen molar-refractivity contribution in [3.05, 3.63) is 33.7 Å². The second kappa shape index (κ2) is 10.3. The Morgan fingerprint density at radius 2 is 2.00 bits per heavy atom. The van der Waals surface area contributed by atoms with Crippen LogP contribution in [0.5, 0.6) is 0 Å². The van der Waals surface area contributed by atoms with Crippen molar-refractivity contribution in [3.63, 3.8) is 0 Å². The van der Waals surface area contributed by atoms with Crippen molar-refractivity contribution in [1.29, 1.82) is 0 Å². The summed E-state index contributed by atoms with van der Waals surface area (Å²) in [5.74, 6) is -0.249. The van der Waals surface area contributed by atoms with Gasteiger partial charge in [-0.05, 0) is 56.7 Å². The number of hydrogen-bond acceptors (Lipinski definition) is 3. The Bertz CT molecular complexity index is 744. The lowest BCUT2D eigenvalue weighted by atomic mass is 10.1. The zero-order valence-corrected chi connectivity index (χ0v) is 17.5. The molecule has 0 radical (unpaired) electrons. The molecule has 1 aliphatic heterocycles. The van der Waals surface area contributed by atoms with E-state index in [2.05, 4.69) is 17.1 Å². The number of carbonyl (C=O) groups excluding carboxylic acids is 1. The van der Waals surface area contributed by atoms with Gasteiger partial charge in [0.1, 0.15) is 11.3 Å². The van der Waals surface area contributed by atoms with Gasteiger partial charge in [0.15, 0.2) is 0 Å². The Morgan fingerprint density at radius 1 is 1.28 bits per heavy atom. The van der Waals surface area contributed by atoms with E-state index in [1.165, 1.54) is 0 Å². The molecule has 29 heavy (non-hydrogen) atoms. The third-order valence-corrected chi connectivity index (χ3v) is 5.51. The number of aromatic nitrogens is 1. The van der Waals surface area contributed by atoms with Crippen LogP contribution in [0.25, 0.3) is 0 Å². The van der Waals surface area contributed by atoms with Crippen molar-refractivity contribution in [2.24, 2.45) is 5.92 Å². The van der Waals surface area contributed by atoms with Gasteiger partial charge in [-0.3, -0.25) is 9.59 Å². The topological polar surface area (TPSA) is 54.3 Å². The van der Waals surface area contributed by atoms with Crippen molar-refractivity contribution < 1.29 is 18.0 Å². The summed E-state index contributed by atoms with van der Waals surface area (Å²) in [6.07, 6.45) is -0.271. The van der Waals surface area contributed by atoms with Crippen LogP contribution in [0.1, 0.15) is 68.9 Å². The molecule has 164 valence electrons. The van der Waals surface area contributed by atoms with Crippen LogP contribution in [-0.2, 0) is 12.7 Å². The molecular weight excluding hydrogens is 383 g/mol. The van der Waals surface area contributed by atoms with Crippen LogP contribution in [0.15, 0.2) is 16.9 Å². The van der Waals surface area contributed by atoms with E-state index >= 15 is 0 Å². The Balaban J connectivity index is 2.16. The van der Waals surface area contributed by atoms with Gasteiger partial charge in [0.05, 0.1) is 0 Å². The van der Waals surface area contributed by atoms with E-state index in [0.717, 1.165) is 44.4 Å². The maximum Gasteiger partial charge on any atom is 0.431 e. The first-order valence-electron chi connectivity index (χ1n) is 10.5. The number of nitrogens with one attached hydrogen (secondary N) is 1. The van der Waals surface area contributed by atoms with E-state index < -0.39 is 23.3 Å². The molecule has 0 aliphatic carbocycles. The molecular formula is C21H32F3N3O2. The molecule has 2 heterocycles. The molecule has 5 nitrogen and oxygen atoms in total. The van der Waals surface area contributed by atoms with E-state index in [-0.39, 0.29) is 12.1 Å². The fraction of sp³-hybridized carbons (Fsp3) is 0.714. The lowest BCUT2D eigenvalue weighted by Gasteiger charge is -2.24. The molecule has 0 saturated carbocycles. The van der Waals surface area contributed by atoms with Crippen molar-refractivity contribution in [3.8, 4) is 0 Å². The second-order valence-corrected chi connectivity index (χ2v) is 8.12. The number of nitrogens with zero attached hydrogens (tertiary/aromatic N) is 2. The standard InChI is InChI=1S/C21H32F3N3O2/c1-4-16-7-5-12-26(16)13-6-14-27-18(21(22,23)24)9-8-17(20(27)29)19(28)25-11-10-15(2)3/h8-9,15-16H,4-7,10-14H2,1-3H3,(H,25,28). The summed E-state index contributed by atoms with van der Waals surface area (Å²) in [6, 6.07) is 2.29. The first kappa shape index (κ1) is 23.4. The summed E-state index contributed by atoms with van der Waals surface area (Å²) in [5.41, 5.74) is -2.13. The van der Waals surface area contributed by atoms with Crippen molar-refractivity contribution in [1.82, 2.24) is 14.8 Å². The minimum Gasteiger partial charge on any atom is -0.352 e. The Kier molecular flexibility index (Phi) is 8.31. The Hall–Kier alpha value is -1.83. The number of rotatable bonds is 9. The third kappa shape index (κ3) is 6.32. The van der Waals surface area contributed by atoms with Crippen LogP contribution >= 0.6 is 0 Å². The fourth-order valence-corrected chi connectivity index (χ4v) is 3.87. The van der Waals surface area contributed by atoms with Crippen LogP contribution < -0.4 is 10.9 Å². The predicted octanol–water partition coefficient (Wildman–Crippen LogP) is 3.91. The van der Waals surface area contributed by atoms with Crippen LogP contribution in [0, 0.1) is 5.92 Å². The molecule has 1 aromatic heterocycles. The number of likely N-dealkylation sites (tertiary alicyclic amines) is 1. The highest BCUT2D eigenvalue weighted by Crippen LogP contribution is 2.29. The molecule has 2 rings (SSSR count). The number of halogens is 3. The lowest BCUT2D eigenvalue weighted by molar-refractivity contribution is -0.144. The molecule has 1 atom stereocenters. The highest BCUT2D eigenvalue weighted by Gasteiger charge is 2.35. The van der Waals surface area contributed by atoms with Crippen LogP contribution in [0.4, 0.5) is 13.2 Å². The number of amides is 1. The van der Waals surface area contributed by atoms with Gasteiger partial charge in [0.2, 0.25) is 0 Å². The fourth-order valence-electron chi connectivity index (χ4n) is 3.87. The highest BCUT2D eigenvalue weighted by molar-refractivity contribution is 5.93. The van der Waals surface area contributed by atoms with Gasteiger partial charge in [-0.15, -0.1) is 0 Å². The largest absolute Gasteiger partial charge is 0.431 e. The van der Waals surface area contributed by atoms with Crippen LogP contribution in [0.3, 0.4) is 0 Å². The van der Waals surface area contributed by atoms with Crippen molar-refractivity contribution >= 4 is 5.91 Å². The molecule has 1 aromatic rings. The van der Waals surface area contributed by atoms with Crippen molar-refractivity contribution in [2.45, 2.75) is 71.6 Å². The van der Waals surface area contributed by atoms with E-state index in [4.69, 9.17) is 0 Å². The molecule has 1 saturated heterocycles. The summed E-state index contributed by atoms with van der Waals surface area (Å²) in [7, 11) is 0. The molecule has 1 N–H and O–H groups in total. The van der Waals surface area contributed by atoms with Gasteiger partial charge in [-0.2, -0.15) is 13.2 Å². The van der Waals surface area contributed by atoms with Gasteiger partial charge in [0.25, 0.3) is 11.5 Å². The van der Waals surface area contributed by atoms with E-state index in [9.17, 15) is 22.8 Å². The number of alkyl halides is 3. The number of pyridine rings is 1. The summed E-state index contributed by atoms with van der Waals surface area (Å²) >= 11 is 0. The van der Waals surface area contributed by atoms with Gasteiger partial charge >= 0.3 is 6.18 Å². The van der Waals surface area contributed by atoms with E-state index in [0.29, 0.717) is 36.0 Å². The van der Waals surface area contributed by atoms with Crippen LogP contribution in [0.2, 0.25) is 0 Å². The first-order valence-corrected chi connectivity index (χ1v) is 10.5. The number of carbonyl (C=O) groups is 1. The summed E-state index contributed by atoms with van der Waals surface area (Å²) in [6.45, 7) is 8.01. The number of hydrogen-bond donors (Lipinski definition) is 1. The van der Waals surface area contributed by atoms with Gasteiger partial charge in [-0.25, -0.2) is 0 Å². The molecule has 0 aromatic carbocycles. The molecule has 1 fully saturated rings. The molecule has 1 aliphatic rings. The molecule has 1 unspecified atom stereocenters. The zero-order chi connectivity index (χ0) is 21.6. The smallest absolute Gasteiger partial charge is 0.352 e. The maximum absolute atomic E-state index is 13.4. The second-order valence-electron chi connectivity index (χ2n) is 8.12. The van der Waals surface area contributed by atoms with Gasteiger partial charge < -0.3 is 14.8 Å². The lowest BCUT2D eigenvalue weighted by Crippen LogP contribution is -2.37. The minimum absolute atomic E-state index is 0.0618. The molecule has 8 heteroatoms. The molecule has 0 bridgehead atoms. The maximum atomic E-state index is 13.4. The minimum atomic E-state index is -4.65. The Labute approximate surface area is 170 Å². The molecule has 1 amide bonds. The first-order chi connectivity index (χ1) is 13.6. The summed E-state index contributed by atoms with van der Waals surface area (Å²) in [4.78, 5) is 27.3. The summed E-state index contributed by atoms with van der Waals surface area (Å²) in [5, 5.41) is 2.63.